The number of benzene rings is 1. The summed E-state index contributed by atoms with van der Waals surface area (Å²) in [6.45, 7) is 4.57. The highest BCUT2D eigenvalue weighted by molar-refractivity contribution is 7.16. The summed E-state index contributed by atoms with van der Waals surface area (Å²) in [6, 6.07) is 11.8. The monoisotopic (exact) mass is 478 g/mol. The van der Waals surface area contributed by atoms with Crippen molar-refractivity contribution in [2.75, 3.05) is 38.1 Å². The molecule has 1 N–H and O–H groups in total. The maximum Gasteiger partial charge on any atom is 0.410 e. The van der Waals surface area contributed by atoms with Crippen LogP contribution in [0.3, 0.4) is 0 Å². The summed E-state index contributed by atoms with van der Waals surface area (Å²) < 4.78 is 5.51. The third-order valence-electron chi connectivity index (χ3n) is 6.18. The van der Waals surface area contributed by atoms with Crippen molar-refractivity contribution < 1.29 is 14.3 Å². The Labute approximate surface area is 204 Å². The van der Waals surface area contributed by atoms with E-state index in [9.17, 15) is 14.9 Å². The fourth-order valence-corrected chi connectivity index (χ4v) is 5.59. The van der Waals surface area contributed by atoms with Crippen molar-refractivity contribution in [3.63, 3.8) is 0 Å². The van der Waals surface area contributed by atoms with Gasteiger partial charge in [-0.1, -0.05) is 36.8 Å². The number of carbonyl (C=O) groups excluding carboxylic acids is 2. The quantitative estimate of drug-likeness (QED) is 0.463. The molecule has 0 radical (unpaired) electrons. The van der Waals surface area contributed by atoms with Gasteiger partial charge in [-0.3, -0.25) is 4.79 Å². The number of likely N-dealkylation sites (tertiary alicyclic amines) is 1. The van der Waals surface area contributed by atoms with Crippen LogP contribution >= 0.6 is 11.3 Å². The highest BCUT2D eigenvalue weighted by Crippen LogP contribution is 2.36. The van der Waals surface area contributed by atoms with Crippen molar-refractivity contribution in [3.05, 3.63) is 58.0 Å². The molecule has 1 aromatic carbocycles. The summed E-state index contributed by atoms with van der Waals surface area (Å²) in [4.78, 5) is 30.0. The molecule has 0 spiro atoms. The zero-order valence-corrected chi connectivity index (χ0v) is 20.1. The van der Waals surface area contributed by atoms with E-state index in [4.69, 9.17) is 4.74 Å². The Bertz CT molecular complexity index is 1070. The second-order valence-electron chi connectivity index (χ2n) is 8.59. The first kappa shape index (κ1) is 24.0. The lowest BCUT2D eigenvalue weighted by Crippen LogP contribution is -2.36. The molecule has 7 nitrogen and oxygen atoms in total. The lowest BCUT2D eigenvalue weighted by molar-refractivity contribution is -0.111. The van der Waals surface area contributed by atoms with E-state index in [-0.39, 0.29) is 12.0 Å². The molecule has 4 rings (SSSR count). The fraction of sp³-hybridized carbons (Fsp3) is 0.423. The predicted octanol–water partition coefficient (Wildman–Crippen LogP) is 4.64. The van der Waals surface area contributed by atoms with E-state index in [1.807, 2.05) is 30.3 Å². The van der Waals surface area contributed by atoms with E-state index >= 15 is 0 Å². The van der Waals surface area contributed by atoms with E-state index < -0.39 is 0 Å². The molecule has 8 heteroatoms. The molecule has 2 amide bonds. The molecule has 2 aliphatic heterocycles. The number of amides is 2. The lowest BCUT2D eigenvalue weighted by atomic mass is 10.0. The molecule has 0 atom stereocenters. The van der Waals surface area contributed by atoms with Gasteiger partial charge in [0.2, 0.25) is 5.91 Å². The third kappa shape index (κ3) is 6.25. The maximum absolute atomic E-state index is 12.6. The predicted molar refractivity (Wildman–Crippen MR) is 134 cm³/mol. The number of fused-ring (bicyclic) bond motifs is 1. The van der Waals surface area contributed by atoms with Crippen LogP contribution in [0.4, 0.5) is 9.80 Å². The molecule has 34 heavy (non-hydrogen) atoms. The Morgan fingerprint density at radius 2 is 1.94 bits per heavy atom. The molecular formula is C26H30N4O3S. The SMILES string of the molecule is N#Cc1c(NC(=O)C=Cc2ccccc2)sc2c1CCN(C(=O)OCCCN1CCCCC1)C2. The van der Waals surface area contributed by atoms with E-state index in [0.717, 1.165) is 42.1 Å². The van der Waals surface area contributed by atoms with Gasteiger partial charge in [-0.2, -0.15) is 5.26 Å². The number of thiophene rings is 1. The van der Waals surface area contributed by atoms with Crippen LogP contribution in [0.5, 0.6) is 0 Å². The van der Waals surface area contributed by atoms with Crippen molar-refractivity contribution in [1.82, 2.24) is 9.80 Å². The fourth-order valence-electron chi connectivity index (χ4n) is 4.38. The second kappa shape index (κ2) is 11.8. The molecule has 3 heterocycles. The first-order valence-electron chi connectivity index (χ1n) is 11.9. The Kier molecular flexibility index (Phi) is 8.34. The number of hydrogen-bond donors (Lipinski definition) is 1. The van der Waals surface area contributed by atoms with Gasteiger partial charge in [0.15, 0.2) is 0 Å². The highest BCUT2D eigenvalue weighted by atomic mass is 32.1. The normalized spacial score (nSPS) is 16.1. The van der Waals surface area contributed by atoms with Crippen molar-refractivity contribution in [2.24, 2.45) is 0 Å². The summed E-state index contributed by atoms with van der Waals surface area (Å²) in [7, 11) is 0. The number of nitrogens with one attached hydrogen (secondary N) is 1. The molecular weight excluding hydrogens is 448 g/mol. The number of hydrogen-bond acceptors (Lipinski definition) is 6. The molecule has 0 saturated carbocycles. The number of rotatable bonds is 7. The minimum absolute atomic E-state index is 0.288. The average Bonchev–Trinajstić information content (AvgIpc) is 3.22. The van der Waals surface area contributed by atoms with Gasteiger partial charge >= 0.3 is 6.09 Å². The van der Waals surface area contributed by atoms with Crippen LogP contribution in [0.1, 0.15) is 47.3 Å². The minimum atomic E-state index is -0.312. The van der Waals surface area contributed by atoms with Crippen LogP contribution in [0.25, 0.3) is 6.08 Å². The number of nitriles is 1. The molecule has 0 bridgehead atoms. The molecule has 0 aliphatic carbocycles. The van der Waals surface area contributed by atoms with Crippen molar-refractivity contribution in [3.8, 4) is 6.07 Å². The van der Waals surface area contributed by atoms with Gasteiger partial charge in [-0.05, 0) is 56.0 Å². The van der Waals surface area contributed by atoms with Gasteiger partial charge in [-0.25, -0.2) is 4.79 Å². The zero-order chi connectivity index (χ0) is 23.8. The molecule has 178 valence electrons. The van der Waals surface area contributed by atoms with Gasteiger partial charge in [-0.15, -0.1) is 11.3 Å². The Hall–Kier alpha value is -3.15. The van der Waals surface area contributed by atoms with Gasteiger partial charge in [0.25, 0.3) is 0 Å². The topological polar surface area (TPSA) is 85.7 Å². The Morgan fingerprint density at radius 1 is 1.15 bits per heavy atom. The van der Waals surface area contributed by atoms with Crippen LogP contribution in [0, 0.1) is 11.3 Å². The summed E-state index contributed by atoms with van der Waals surface area (Å²) in [5.74, 6) is -0.288. The summed E-state index contributed by atoms with van der Waals surface area (Å²) >= 11 is 1.36. The standard InChI is InChI=1S/C26H30N4O3S/c27-18-22-21-12-16-30(26(32)33-17-7-15-29-13-5-2-6-14-29)19-23(21)34-25(22)28-24(31)11-10-20-8-3-1-4-9-20/h1,3-4,8-11H,2,5-7,12-17,19H2,(H,28,31). The number of anilines is 1. The Balaban J connectivity index is 1.30. The average molecular weight is 479 g/mol. The largest absolute Gasteiger partial charge is 0.449 e. The van der Waals surface area contributed by atoms with Crippen LogP contribution in [-0.2, 0) is 22.5 Å². The second-order valence-corrected chi connectivity index (χ2v) is 9.70. The third-order valence-corrected chi connectivity index (χ3v) is 7.32. The molecule has 1 saturated heterocycles. The van der Waals surface area contributed by atoms with Crippen LogP contribution < -0.4 is 5.32 Å². The summed E-state index contributed by atoms with van der Waals surface area (Å²) in [6.07, 6.45) is 8.13. The molecule has 1 aromatic heterocycles. The number of piperidine rings is 1. The first-order valence-corrected chi connectivity index (χ1v) is 12.7. The zero-order valence-electron chi connectivity index (χ0n) is 19.3. The lowest BCUT2D eigenvalue weighted by Gasteiger charge is -2.27. The van der Waals surface area contributed by atoms with Crippen molar-refractivity contribution in [2.45, 2.75) is 38.6 Å². The van der Waals surface area contributed by atoms with Gasteiger partial charge in [0.05, 0.1) is 18.7 Å². The molecule has 2 aromatic rings. The summed E-state index contributed by atoms with van der Waals surface area (Å²) in [5.41, 5.74) is 2.34. The van der Waals surface area contributed by atoms with E-state index in [1.54, 1.807) is 11.0 Å². The minimum Gasteiger partial charge on any atom is -0.449 e. The molecule has 1 fully saturated rings. The van der Waals surface area contributed by atoms with Crippen molar-refractivity contribution in [1.29, 1.82) is 5.26 Å². The van der Waals surface area contributed by atoms with Crippen LogP contribution in [-0.4, -0.2) is 54.6 Å². The molecule has 2 aliphatic rings. The maximum atomic E-state index is 12.6. The van der Waals surface area contributed by atoms with Crippen LogP contribution in [0.2, 0.25) is 0 Å². The first-order chi connectivity index (χ1) is 16.6. The Morgan fingerprint density at radius 3 is 2.71 bits per heavy atom. The van der Waals surface area contributed by atoms with Gasteiger partial charge in [0.1, 0.15) is 11.1 Å². The van der Waals surface area contributed by atoms with E-state index in [2.05, 4.69) is 16.3 Å². The number of carbonyl (C=O) groups is 2. The van der Waals surface area contributed by atoms with Crippen LogP contribution in [0.15, 0.2) is 36.4 Å². The number of ether oxygens (including phenoxy) is 1. The molecule has 0 unspecified atom stereocenters. The highest BCUT2D eigenvalue weighted by Gasteiger charge is 2.28. The van der Waals surface area contributed by atoms with Gasteiger partial charge < -0.3 is 19.9 Å². The smallest absolute Gasteiger partial charge is 0.410 e. The van der Waals surface area contributed by atoms with Crippen molar-refractivity contribution >= 4 is 34.4 Å². The van der Waals surface area contributed by atoms with E-state index in [1.165, 1.54) is 36.7 Å². The van der Waals surface area contributed by atoms with Gasteiger partial charge in [0, 0.05) is 24.0 Å². The summed E-state index contributed by atoms with van der Waals surface area (Å²) in [5, 5.41) is 13.1. The number of nitrogens with zero attached hydrogens (tertiary/aromatic N) is 3. The van der Waals surface area contributed by atoms with E-state index in [0.29, 0.717) is 36.7 Å².